The fourth-order valence-corrected chi connectivity index (χ4v) is 3.14. The summed E-state index contributed by atoms with van der Waals surface area (Å²) in [5, 5.41) is 3.76. The zero-order valence-electron chi connectivity index (χ0n) is 15.0. The predicted octanol–water partition coefficient (Wildman–Crippen LogP) is 3.26. The second-order valence-corrected chi connectivity index (χ2v) is 6.86. The average Bonchev–Trinajstić information content (AvgIpc) is 2.62. The van der Waals surface area contributed by atoms with Gasteiger partial charge in [0.2, 0.25) is 5.91 Å². The van der Waals surface area contributed by atoms with Gasteiger partial charge in [-0.3, -0.25) is 9.59 Å². The maximum Gasteiger partial charge on any atom is 0.260 e. The molecule has 1 fully saturated rings. The molecule has 0 bridgehead atoms. The molecule has 2 amide bonds. The zero-order chi connectivity index (χ0) is 18.2. The van der Waals surface area contributed by atoms with E-state index in [1.54, 1.807) is 29.2 Å². The first-order chi connectivity index (χ1) is 12.0. The van der Waals surface area contributed by atoms with Crippen LogP contribution in [0, 0.1) is 5.92 Å². The lowest BCUT2D eigenvalue weighted by Crippen LogP contribution is -2.48. The van der Waals surface area contributed by atoms with Gasteiger partial charge < -0.3 is 15.0 Å². The molecule has 1 saturated heterocycles. The standard InChI is InChI=1S/C19H27ClN2O3/c1-3-14(4-2)19(24)21-16-9-11-22(12-10-16)18(23)13-25-17-7-5-15(20)6-8-17/h5-8,14,16H,3-4,9-13H2,1-2H3,(H,21,24). The highest BCUT2D eigenvalue weighted by molar-refractivity contribution is 6.30. The molecule has 1 aromatic rings. The van der Waals surface area contributed by atoms with Gasteiger partial charge in [-0.15, -0.1) is 0 Å². The SMILES string of the molecule is CCC(CC)C(=O)NC1CCN(C(=O)COc2ccc(Cl)cc2)CC1. The Hall–Kier alpha value is -1.75. The first-order valence-corrected chi connectivity index (χ1v) is 9.37. The van der Waals surface area contributed by atoms with Crippen LogP contribution >= 0.6 is 11.6 Å². The van der Waals surface area contributed by atoms with Crippen molar-refractivity contribution in [3.63, 3.8) is 0 Å². The molecular formula is C19H27ClN2O3. The van der Waals surface area contributed by atoms with E-state index in [-0.39, 0.29) is 30.4 Å². The van der Waals surface area contributed by atoms with E-state index in [0.717, 1.165) is 25.7 Å². The van der Waals surface area contributed by atoms with Crippen molar-refractivity contribution in [2.75, 3.05) is 19.7 Å². The fraction of sp³-hybridized carbons (Fsp3) is 0.579. The molecule has 0 atom stereocenters. The molecule has 1 aliphatic heterocycles. The molecule has 5 nitrogen and oxygen atoms in total. The summed E-state index contributed by atoms with van der Waals surface area (Å²) >= 11 is 5.82. The van der Waals surface area contributed by atoms with Crippen molar-refractivity contribution in [1.82, 2.24) is 10.2 Å². The number of benzene rings is 1. The van der Waals surface area contributed by atoms with Crippen LogP contribution in [0.15, 0.2) is 24.3 Å². The largest absolute Gasteiger partial charge is 0.484 e. The van der Waals surface area contributed by atoms with Crippen LogP contribution in [0.1, 0.15) is 39.5 Å². The van der Waals surface area contributed by atoms with Crippen LogP contribution in [0.4, 0.5) is 0 Å². The number of nitrogens with one attached hydrogen (secondary N) is 1. The van der Waals surface area contributed by atoms with E-state index in [1.165, 1.54) is 0 Å². The highest BCUT2D eigenvalue weighted by atomic mass is 35.5. The highest BCUT2D eigenvalue weighted by Gasteiger charge is 2.25. The Morgan fingerprint density at radius 2 is 1.80 bits per heavy atom. The third kappa shape index (κ3) is 5.92. The molecule has 6 heteroatoms. The van der Waals surface area contributed by atoms with Crippen molar-refractivity contribution in [2.45, 2.75) is 45.6 Å². The number of piperidine rings is 1. The van der Waals surface area contributed by atoms with E-state index >= 15 is 0 Å². The first-order valence-electron chi connectivity index (χ1n) is 9.00. The molecule has 0 radical (unpaired) electrons. The number of hydrogen-bond donors (Lipinski definition) is 1. The normalized spacial score (nSPS) is 15.3. The van der Waals surface area contributed by atoms with Gasteiger partial charge in [0.15, 0.2) is 6.61 Å². The fourth-order valence-electron chi connectivity index (χ4n) is 3.02. The monoisotopic (exact) mass is 366 g/mol. The quantitative estimate of drug-likeness (QED) is 0.805. The summed E-state index contributed by atoms with van der Waals surface area (Å²) in [6, 6.07) is 7.12. The molecule has 1 aliphatic rings. The summed E-state index contributed by atoms with van der Waals surface area (Å²) in [6.07, 6.45) is 3.31. The van der Waals surface area contributed by atoms with Crippen LogP contribution in [0.5, 0.6) is 5.75 Å². The van der Waals surface area contributed by atoms with Crippen LogP contribution in [0.25, 0.3) is 0 Å². The Morgan fingerprint density at radius 3 is 2.36 bits per heavy atom. The van der Waals surface area contributed by atoms with Gasteiger partial charge in [-0.2, -0.15) is 0 Å². The number of likely N-dealkylation sites (tertiary alicyclic amines) is 1. The van der Waals surface area contributed by atoms with Gasteiger partial charge in [0, 0.05) is 30.1 Å². The Balaban J connectivity index is 1.72. The minimum atomic E-state index is -0.0280. The van der Waals surface area contributed by atoms with Gasteiger partial charge in [-0.1, -0.05) is 25.4 Å². The van der Waals surface area contributed by atoms with Gasteiger partial charge in [-0.05, 0) is 49.9 Å². The van der Waals surface area contributed by atoms with E-state index in [4.69, 9.17) is 16.3 Å². The molecule has 1 N–H and O–H groups in total. The number of nitrogens with zero attached hydrogens (tertiary/aromatic N) is 1. The van der Waals surface area contributed by atoms with Crippen molar-refractivity contribution in [3.05, 3.63) is 29.3 Å². The average molecular weight is 367 g/mol. The zero-order valence-corrected chi connectivity index (χ0v) is 15.7. The molecule has 1 aromatic carbocycles. The van der Waals surface area contributed by atoms with Crippen LogP contribution < -0.4 is 10.1 Å². The number of ether oxygens (including phenoxy) is 1. The number of amides is 2. The summed E-state index contributed by atoms with van der Waals surface area (Å²) in [5.74, 6) is 0.832. The summed E-state index contributed by atoms with van der Waals surface area (Å²) in [7, 11) is 0. The summed E-state index contributed by atoms with van der Waals surface area (Å²) in [4.78, 5) is 26.2. The summed E-state index contributed by atoms with van der Waals surface area (Å²) in [6.45, 7) is 5.39. The lowest BCUT2D eigenvalue weighted by Gasteiger charge is -2.33. The lowest BCUT2D eigenvalue weighted by molar-refractivity contribution is -0.134. The molecule has 2 rings (SSSR count). The molecular weight excluding hydrogens is 340 g/mol. The number of rotatable bonds is 7. The molecule has 1 heterocycles. The second-order valence-electron chi connectivity index (χ2n) is 6.42. The third-order valence-electron chi connectivity index (χ3n) is 4.73. The topological polar surface area (TPSA) is 58.6 Å². The van der Waals surface area contributed by atoms with Gasteiger partial charge in [0.1, 0.15) is 5.75 Å². The first kappa shape index (κ1) is 19.6. The van der Waals surface area contributed by atoms with E-state index in [9.17, 15) is 9.59 Å². The van der Waals surface area contributed by atoms with Crippen LogP contribution in [0.2, 0.25) is 5.02 Å². The van der Waals surface area contributed by atoms with E-state index in [1.807, 2.05) is 13.8 Å². The van der Waals surface area contributed by atoms with Gasteiger partial charge in [0.25, 0.3) is 5.91 Å². The number of carbonyl (C=O) groups excluding carboxylic acids is 2. The number of carbonyl (C=O) groups is 2. The predicted molar refractivity (Wildman–Crippen MR) is 98.8 cm³/mol. The Labute approximate surface area is 154 Å². The lowest BCUT2D eigenvalue weighted by atomic mass is 10.00. The maximum atomic E-state index is 12.3. The van der Waals surface area contributed by atoms with Gasteiger partial charge in [-0.25, -0.2) is 0 Å². The van der Waals surface area contributed by atoms with Gasteiger partial charge >= 0.3 is 0 Å². The molecule has 0 aliphatic carbocycles. The minimum absolute atomic E-state index is 0.0202. The van der Waals surface area contributed by atoms with Crippen LogP contribution in [0.3, 0.4) is 0 Å². The molecule has 0 aromatic heterocycles. The molecule has 0 saturated carbocycles. The van der Waals surface area contributed by atoms with Crippen molar-refractivity contribution in [1.29, 1.82) is 0 Å². The minimum Gasteiger partial charge on any atom is -0.484 e. The van der Waals surface area contributed by atoms with Crippen LogP contribution in [-0.2, 0) is 9.59 Å². The molecule has 25 heavy (non-hydrogen) atoms. The number of hydrogen-bond acceptors (Lipinski definition) is 3. The van der Waals surface area contributed by atoms with Gasteiger partial charge in [0.05, 0.1) is 0 Å². The van der Waals surface area contributed by atoms with Crippen molar-refractivity contribution < 1.29 is 14.3 Å². The molecule has 0 unspecified atom stereocenters. The van der Waals surface area contributed by atoms with E-state index in [0.29, 0.717) is 23.9 Å². The smallest absolute Gasteiger partial charge is 0.260 e. The van der Waals surface area contributed by atoms with E-state index in [2.05, 4.69) is 5.32 Å². The summed E-state index contributed by atoms with van der Waals surface area (Å²) in [5.41, 5.74) is 0. The van der Waals surface area contributed by atoms with Crippen molar-refractivity contribution in [3.8, 4) is 5.75 Å². The maximum absolute atomic E-state index is 12.3. The second kappa shape index (κ2) is 9.66. The Kier molecular flexibility index (Phi) is 7.56. The Bertz CT molecular complexity index is 565. The Morgan fingerprint density at radius 1 is 1.20 bits per heavy atom. The van der Waals surface area contributed by atoms with Crippen molar-refractivity contribution in [2.24, 2.45) is 5.92 Å². The molecule has 0 spiro atoms. The third-order valence-corrected chi connectivity index (χ3v) is 4.98. The number of halogens is 1. The molecule has 138 valence electrons. The van der Waals surface area contributed by atoms with E-state index < -0.39 is 0 Å². The summed E-state index contributed by atoms with van der Waals surface area (Å²) < 4.78 is 5.51. The van der Waals surface area contributed by atoms with Crippen LogP contribution in [-0.4, -0.2) is 42.5 Å². The van der Waals surface area contributed by atoms with Crippen molar-refractivity contribution >= 4 is 23.4 Å². The highest BCUT2D eigenvalue weighted by Crippen LogP contribution is 2.17.